The van der Waals surface area contributed by atoms with E-state index in [0.717, 1.165) is 11.0 Å². The molecule has 3 aromatic rings. The van der Waals surface area contributed by atoms with Crippen LogP contribution in [0.5, 0.6) is 0 Å². The lowest BCUT2D eigenvalue weighted by molar-refractivity contribution is -0.385. The fourth-order valence-electron chi connectivity index (χ4n) is 3.20. The molecule has 0 aliphatic carbocycles. The predicted octanol–water partition coefficient (Wildman–Crippen LogP) is 3.24. The monoisotopic (exact) mass is 361 g/mol. The van der Waals surface area contributed by atoms with Crippen LogP contribution in [0.2, 0.25) is 0 Å². The number of hydrogen-bond acceptors (Lipinski definition) is 6. The molecule has 0 saturated carbocycles. The van der Waals surface area contributed by atoms with Crippen LogP contribution in [0.25, 0.3) is 11.0 Å². The molecule has 2 heterocycles. The van der Waals surface area contributed by atoms with E-state index in [1.54, 1.807) is 24.4 Å². The number of hydrazone groups is 1. The molecule has 0 bridgehead atoms. The van der Waals surface area contributed by atoms with Crippen molar-refractivity contribution in [2.45, 2.75) is 19.4 Å². The fraction of sp³-hybridized carbons (Fsp3) is 0.158. The van der Waals surface area contributed by atoms with E-state index in [0.29, 0.717) is 23.4 Å². The Balaban J connectivity index is 1.75. The molecular formula is C19H15N5O3. The summed E-state index contributed by atoms with van der Waals surface area (Å²) in [6, 6.07) is 13.4. The Morgan fingerprint density at radius 1 is 1.15 bits per heavy atom. The Bertz CT molecular complexity index is 1100. The van der Waals surface area contributed by atoms with Gasteiger partial charge in [-0.1, -0.05) is 24.3 Å². The second-order valence-corrected chi connectivity index (χ2v) is 6.19. The summed E-state index contributed by atoms with van der Waals surface area (Å²) in [5, 5.41) is 17.0. The molecule has 0 saturated heterocycles. The van der Waals surface area contributed by atoms with Crippen LogP contribution in [0.1, 0.15) is 30.6 Å². The molecule has 134 valence electrons. The Kier molecular flexibility index (Phi) is 4.08. The highest BCUT2D eigenvalue weighted by molar-refractivity contribution is 6.06. The summed E-state index contributed by atoms with van der Waals surface area (Å²) in [5.74, 6) is -0.261. The molecule has 2 aromatic carbocycles. The number of amides is 1. The van der Waals surface area contributed by atoms with Crippen molar-refractivity contribution in [3.63, 3.8) is 0 Å². The third kappa shape index (κ3) is 3.01. The minimum atomic E-state index is -0.450. The van der Waals surface area contributed by atoms with Crippen molar-refractivity contribution < 1.29 is 9.72 Å². The summed E-state index contributed by atoms with van der Waals surface area (Å²) in [6.07, 6.45) is 1.96. The second kappa shape index (κ2) is 6.56. The lowest BCUT2D eigenvalue weighted by Gasteiger charge is -2.19. The van der Waals surface area contributed by atoms with Crippen molar-refractivity contribution >= 4 is 28.3 Å². The maximum absolute atomic E-state index is 12.1. The van der Waals surface area contributed by atoms with E-state index in [1.165, 1.54) is 18.0 Å². The zero-order valence-corrected chi connectivity index (χ0v) is 14.4. The Morgan fingerprint density at radius 2 is 1.85 bits per heavy atom. The molecule has 8 heteroatoms. The normalized spacial score (nSPS) is 16.4. The first-order valence-corrected chi connectivity index (χ1v) is 8.37. The number of benzene rings is 2. The number of nitrogens with zero attached hydrogens (tertiary/aromatic N) is 5. The van der Waals surface area contributed by atoms with Gasteiger partial charge in [0.05, 0.1) is 39.1 Å². The van der Waals surface area contributed by atoms with E-state index in [2.05, 4.69) is 15.1 Å². The molecule has 1 atom stereocenters. The third-order valence-corrected chi connectivity index (χ3v) is 4.45. The number of carbonyl (C=O) groups is 1. The van der Waals surface area contributed by atoms with Gasteiger partial charge >= 0.3 is 0 Å². The number of nitro groups is 1. The Hall–Kier alpha value is -3.68. The zero-order valence-electron chi connectivity index (χ0n) is 14.4. The average molecular weight is 361 g/mol. The molecule has 1 amide bonds. The van der Waals surface area contributed by atoms with E-state index in [-0.39, 0.29) is 11.6 Å². The van der Waals surface area contributed by atoms with Crippen molar-refractivity contribution in [3.05, 3.63) is 76.1 Å². The minimum absolute atomic E-state index is 0.0370. The minimum Gasteiger partial charge on any atom is -0.273 e. The van der Waals surface area contributed by atoms with E-state index < -0.39 is 11.0 Å². The van der Waals surface area contributed by atoms with Crippen molar-refractivity contribution in [2.24, 2.45) is 5.10 Å². The first kappa shape index (κ1) is 16.8. The van der Waals surface area contributed by atoms with Crippen LogP contribution in [-0.2, 0) is 4.79 Å². The van der Waals surface area contributed by atoms with Gasteiger partial charge in [0.15, 0.2) is 0 Å². The number of carbonyl (C=O) groups excluding carboxylic acids is 1. The molecule has 0 fully saturated rings. The van der Waals surface area contributed by atoms with Gasteiger partial charge in [-0.3, -0.25) is 19.9 Å². The van der Waals surface area contributed by atoms with Crippen LogP contribution in [0, 0.1) is 10.1 Å². The van der Waals surface area contributed by atoms with Crippen LogP contribution < -0.4 is 0 Å². The molecule has 8 nitrogen and oxygen atoms in total. The molecule has 1 aliphatic rings. The van der Waals surface area contributed by atoms with Gasteiger partial charge in [0.1, 0.15) is 6.04 Å². The van der Waals surface area contributed by atoms with Crippen LogP contribution >= 0.6 is 0 Å². The molecule has 0 spiro atoms. The molecule has 4 rings (SSSR count). The molecule has 1 aliphatic heterocycles. The van der Waals surface area contributed by atoms with E-state index >= 15 is 0 Å². The van der Waals surface area contributed by atoms with Crippen LogP contribution in [-0.4, -0.2) is 31.5 Å². The van der Waals surface area contributed by atoms with Gasteiger partial charge in [-0.2, -0.15) is 5.10 Å². The van der Waals surface area contributed by atoms with Crippen molar-refractivity contribution in [3.8, 4) is 0 Å². The zero-order chi connectivity index (χ0) is 19.0. The van der Waals surface area contributed by atoms with Crippen molar-refractivity contribution in [1.82, 2.24) is 15.0 Å². The van der Waals surface area contributed by atoms with Crippen molar-refractivity contribution in [2.75, 3.05) is 0 Å². The topological polar surface area (TPSA) is 102 Å². The lowest BCUT2D eigenvalue weighted by atomic mass is 10.0. The van der Waals surface area contributed by atoms with Crippen molar-refractivity contribution in [1.29, 1.82) is 0 Å². The summed E-state index contributed by atoms with van der Waals surface area (Å²) in [6.45, 7) is 1.41. The first-order chi connectivity index (χ1) is 13.0. The number of rotatable bonds is 3. The molecule has 27 heavy (non-hydrogen) atoms. The summed E-state index contributed by atoms with van der Waals surface area (Å²) in [4.78, 5) is 32.0. The predicted molar refractivity (Wildman–Crippen MR) is 99.0 cm³/mol. The Labute approximate surface area is 154 Å². The maximum atomic E-state index is 12.1. The quantitative estimate of drug-likeness (QED) is 0.526. The molecule has 0 radical (unpaired) electrons. The van der Waals surface area contributed by atoms with Crippen LogP contribution in [0.3, 0.4) is 0 Å². The van der Waals surface area contributed by atoms with E-state index in [4.69, 9.17) is 0 Å². The summed E-state index contributed by atoms with van der Waals surface area (Å²) >= 11 is 0. The van der Waals surface area contributed by atoms with Gasteiger partial charge < -0.3 is 0 Å². The number of aromatic nitrogens is 2. The lowest BCUT2D eigenvalue weighted by Crippen LogP contribution is -2.25. The molecule has 0 unspecified atom stereocenters. The molecule has 0 N–H and O–H groups in total. The summed E-state index contributed by atoms with van der Waals surface area (Å²) < 4.78 is 0. The summed E-state index contributed by atoms with van der Waals surface area (Å²) in [5.41, 5.74) is 2.93. The van der Waals surface area contributed by atoms with Gasteiger partial charge in [0.25, 0.3) is 5.69 Å². The van der Waals surface area contributed by atoms with Gasteiger partial charge in [0.2, 0.25) is 5.91 Å². The molecular weight excluding hydrogens is 346 g/mol. The number of fused-ring (bicyclic) bond motifs is 1. The van der Waals surface area contributed by atoms with Gasteiger partial charge in [-0.25, -0.2) is 9.99 Å². The SMILES string of the molecule is CC(=O)N1N=C(c2ccccc2[N+](=O)[O-])C[C@H]1c1cnc2ccccc2n1. The van der Waals surface area contributed by atoms with E-state index in [9.17, 15) is 14.9 Å². The standard InChI is InChI=1S/C19H15N5O3/c1-12(25)23-19(17-11-20-14-7-3-4-8-15(14)21-17)10-16(22-23)13-6-2-5-9-18(13)24(26)27/h2-9,11,19H,10H2,1H3/t19-/m0/s1. The molecule has 1 aromatic heterocycles. The Morgan fingerprint density at radius 3 is 2.59 bits per heavy atom. The first-order valence-electron chi connectivity index (χ1n) is 8.37. The van der Waals surface area contributed by atoms with Gasteiger partial charge in [0, 0.05) is 19.4 Å². The second-order valence-electron chi connectivity index (χ2n) is 6.19. The largest absolute Gasteiger partial charge is 0.278 e. The van der Waals surface area contributed by atoms with Gasteiger partial charge in [-0.05, 0) is 18.2 Å². The highest BCUT2D eigenvalue weighted by atomic mass is 16.6. The fourth-order valence-corrected chi connectivity index (χ4v) is 3.20. The number of para-hydroxylation sites is 3. The van der Waals surface area contributed by atoms with E-state index in [1.807, 2.05) is 24.3 Å². The highest BCUT2D eigenvalue weighted by Crippen LogP contribution is 2.34. The maximum Gasteiger partial charge on any atom is 0.278 e. The van der Waals surface area contributed by atoms with Crippen LogP contribution in [0.4, 0.5) is 5.69 Å². The van der Waals surface area contributed by atoms with Gasteiger partial charge in [-0.15, -0.1) is 0 Å². The average Bonchev–Trinajstić information content (AvgIpc) is 3.13. The smallest absolute Gasteiger partial charge is 0.273 e. The highest BCUT2D eigenvalue weighted by Gasteiger charge is 2.34. The summed E-state index contributed by atoms with van der Waals surface area (Å²) in [7, 11) is 0. The van der Waals surface area contributed by atoms with Crippen LogP contribution in [0.15, 0.2) is 59.8 Å². The number of nitro benzene ring substituents is 1. The number of hydrogen-bond donors (Lipinski definition) is 0. The third-order valence-electron chi connectivity index (χ3n) is 4.45.